The SMILES string of the molecule is CCC(C)CC(C)n1c(=S)[nH]c2ccc(Br)cc21. The Morgan fingerprint density at radius 3 is 2.78 bits per heavy atom. The molecule has 0 radical (unpaired) electrons. The zero-order chi connectivity index (χ0) is 13.3. The van der Waals surface area contributed by atoms with Gasteiger partial charge in [0.25, 0.3) is 0 Å². The Morgan fingerprint density at radius 1 is 1.39 bits per heavy atom. The Kier molecular flexibility index (Phi) is 4.28. The summed E-state index contributed by atoms with van der Waals surface area (Å²) in [6.07, 6.45) is 2.37. The summed E-state index contributed by atoms with van der Waals surface area (Å²) in [6, 6.07) is 6.67. The lowest BCUT2D eigenvalue weighted by atomic mass is 10.0. The molecule has 2 aromatic rings. The molecule has 2 unspecified atom stereocenters. The van der Waals surface area contributed by atoms with Crippen LogP contribution in [0, 0.1) is 10.7 Å². The van der Waals surface area contributed by atoms with Crippen LogP contribution < -0.4 is 0 Å². The second-order valence-electron chi connectivity index (χ2n) is 5.06. The zero-order valence-electron chi connectivity index (χ0n) is 11.0. The van der Waals surface area contributed by atoms with E-state index in [4.69, 9.17) is 12.2 Å². The lowest BCUT2D eigenvalue weighted by Crippen LogP contribution is -2.09. The van der Waals surface area contributed by atoms with Gasteiger partial charge in [0.1, 0.15) is 0 Å². The molecule has 98 valence electrons. The van der Waals surface area contributed by atoms with Crippen molar-refractivity contribution in [1.82, 2.24) is 9.55 Å². The molecule has 0 aliphatic rings. The number of aromatic nitrogens is 2. The molecule has 4 heteroatoms. The zero-order valence-corrected chi connectivity index (χ0v) is 13.4. The molecule has 0 saturated carbocycles. The fraction of sp³-hybridized carbons (Fsp3) is 0.500. The summed E-state index contributed by atoms with van der Waals surface area (Å²) in [7, 11) is 0. The topological polar surface area (TPSA) is 20.7 Å². The highest BCUT2D eigenvalue weighted by Crippen LogP contribution is 2.26. The van der Waals surface area contributed by atoms with Crippen LogP contribution in [0.2, 0.25) is 0 Å². The van der Waals surface area contributed by atoms with Crippen LogP contribution in [0.3, 0.4) is 0 Å². The third kappa shape index (κ3) is 2.69. The first-order valence-corrected chi connectivity index (χ1v) is 7.62. The number of nitrogens with zero attached hydrogens (tertiary/aromatic N) is 1. The molecule has 0 aliphatic heterocycles. The minimum Gasteiger partial charge on any atom is -0.331 e. The van der Waals surface area contributed by atoms with Crippen LogP contribution in [0.5, 0.6) is 0 Å². The fourth-order valence-electron chi connectivity index (χ4n) is 2.39. The van der Waals surface area contributed by atoms with Crippen molar-refractivity contribution in [1.29, 1.82) is 0 Å². The highest BCUT2D eigenvalue weighted by molar-refractivity contribution is 9.10. The van der Waals surface area contributed by atoms with Gasteiger partial charge in [0, 0.05) is 10.5 Å². The summed E-state index contributed by atoms with van der Waals surface area (Å²) in [5, 5.41) is 0. The van der Waals surface area contributed by atoms with E-state index in [-0.39, 0.29) is 0 Å². The number of halogens is 1. The van der Waals surface area contributed by atoms with E-state index >= 15 is 0 Å². The minimum absolute atomic E-state index is 0.426. The van der Waals surface area contributed by atoms with Gasteiger partial charge in [-0.05, 0) is 49.7 Å². The molecule has 18 heavy (non-hydrogen) atoms. The Hall–Kier alpha value is -0.610. The van der Waals surface area contributed by atoms with Crippen LogP contribution >= 0.6 is 28.1 Å². The number of nitrogens with one attached hydrogen (secondary N) is 1. The van der Waals surface area contributed by atoms with Gasteiger partial charge in [0.15, 0.2) is 4.77 Å². The molecule has 2 nitrogen and oxygen atoms in total. The molecule has 0 fully saturated rings. The summed E-state index contributed by atoms with van der Waals surface area (Å²) < 4.78 is 4.15. The lowest BCUT2D eigenvalue weighted by Gasteiger charge is -2.18. The van der Waals surface area contributed by atoms with Gasteiger partial charge in [-0.3, -0.25) is 0 Å². The molecule has 1 N–H and O–H groups in total. The maximum atomic E-state index is 5.45. The van der Waals surface area contributed by atoms with Gasteiger partial charge in [-0.15, -0.1) is 0 Å². The normalized spacial score (nSPS) is 14.9. The summed E-state index contributed by atoms with van der Waals surface area (Å²) >= 11 is 8.98. The second kappa shape index (κ2) is 5.57. The van der Waals surface area contributed by atoms with Crippen LogP contribution in [0.1, 0.15) is 39.7 Å². The molecule has 0 amide bonds. The number of hydrogen-bond acceptors (Lipinski definition) is 1. The summed E-state index contributed by atoms with van der Waals surface area (Å²) in [5.74, 6) is 0.721. The molecule has 0 spiro atoms. The third-order valence-corrected chi connectivity index (χ3v) is 4.35. The maximum absolute atomic E-state index is 5.45. The van der Waals surface area contributed by atoms with Crippen LogP contribution in [-0.4, -0.2) is 9.55 Å². The van der Waals surface area contributed by atoms with Gasteiger partial charge < -0.3 is 9.55 Å². The molecule has 1 aromatic heterocycles. The molecule has 1 aromatic carbocycles. The van der Waals surface area contributed by atoms with E-state index in [0.717, 1.165) is 27.1 Å². The van der Waals surface area contributed by atoms with E-state index < -0.39 is 0 Å². The molecular formula is C14H19BrN2S. The number of hydrogen-bond donors (Lipinski definition) is 1. The summed E-state index contributed by atoms with van der Waals surface area (Å²) in [5.41, 5.74) is 2.30. The van der Waals surface area contributed by atoms with Crippen molar-refractivity contribution in [3.8, 4) is 0 Å². The minimum atomic E-state index is 0.426. The molecule has 2 rings (SSSR count). The molecule has 1 heterocycles. The molecule has 2 atom stereocenters. The largest absolute Gasteiger partial charge is 0.331 e. The Bertz CT molecular complexity index is 599. The molecule has 0 saturated heterocycles. The van der Waals surface area contributed by atoms with Gasteiger partial charge in [-0.1, -0.05) is 36.2 Å². The van der Waals surface area contributed by atoms with Crippen molar-refractivity contribution in [2.75, 3.05) is 0 Å². The van der Waals surface area contributed by atoms with E-state index in [1.807, 2.05) is 6.07 Å². The maximum Gasteiger partial charge on any atom is 0.178 e. The first-order chi connectivity index (χ1) is 8.52. The number of aromatic amines is 1. The molecular weight excluding hydrogens is 308 g/mol. The van der Waals surface area contributed by atoms with Gasteiger partial charge in [0.2, 0.25) is 0 Å². The predicted octanol–water partition coefficient (Wildman–Crippen LogP) is 5.46. The van der Waals surface area contributed by atoms with Crippen LogP contribution in [-0.2, 0) is 0 Å². The Morgan fingerprint density at radius 2 is 2.11 bits per heavy atom. The molecule has 0 bridgehead atoms. The van der Waals surface area contributed by atoms with Crippen LogP contribution in [0.15, 0.2) is 22.7 Å². The van der Waals surface area contributed by atoms with Crippen molar-refractivity contribution < 1.29 is 0 Å². The van der Waals surface area contributed by atoms with Gasteiger partial charge in [-0.25, -0.2) is 0 Å². The van der Waals surface area contributed by atoms with Crippen LogP contribution in [0.4, 0.5) is 0 Å². The fourth-order valence-corrected chi connectivity index (χ4v) is 3.12. The predicted molar refractivity (Wildman–Crippen MR) is 83.6 cm³/mol. The van der Waals surface area contributed by atoms with Crippen molar-refractivity contribution in [2.45, 2.75) is 39.7 Å². The van der Waals surface area contributed by atoms with Crippen molar-refractivity contribution in [2.24, 2.45) is 5.92 Å². The third-order valence-electron chi connectivity index (χ3n) is 3.56. The van der Waals surface area contributed by atoms with E-state index in [9.17, 15) is 0 Å². The summed E-state index contributed by atoms with van der Waals surface area (Å²) in [6.45, 7) is 6.78. The van der Waals surface area contributed by atoms with E-state index in [1.165, 1.54) is 11.9 Å². The van der Waals surface area contributed by atoms with Gasteiger partial charge in [0.05, 0.1) is 11.0 Å². The number of H-pyrrole nitrogens is 1. The van der Waals surface area contributed by atoms with Crippen molar-refractivity contribution in [3.63, 3.8) is 0 Å². The second-order valence-corrected chi connectivity index (χ2v) is 6.36. The average Bonchev–Trinajstić information content (AvgIpc) is 2.64. The highest BCUT2D eigenvalue weighted by Gasteiger charge is 2.13. The first kappa shape index (κ1) is 13.8. The van der Waals surface area contributed by atoms with Gasteiger partial charge >= 0.3 is 0 Å². The number of imidazole rings is 1. The number of fused-ring (bicyclic) bond motifs is 1. The standard InChI is InChI=1S/C14H19BrN2S/c1-4-9(2)7-10(3)17-13-8-11(15)5-6-12(13)16-14(17)18/h5-6,8-10H,4,7H2,1-3H3,(H,16,18). The van der Waals surface area contributed by atoms with Gasteiger partial charge in [-0.2, -0.15) is 0 Å². The smallest absolute Gasteiger partial charge is 0.178 e. The monoisotopic (exact) mass is 326 g/mol. The average molecular weight is 327 g/mol. The molecule has 0 aliphatic carbocycles. The first-order valence-electron chi connectivity index (χ1n) is 6.42. The number of benzene rings is 1. The summed E-state index contributed by atoms with van der Waals surface area (Å²) in [4.78, 5) is 3.28. The number of rotatable bonds is 4. The van der Waals surface area contributed by atoms with Crippen LogP contribution in [0.25, 0.3) is 11.0 Å². The Balaban J connectivity index is 2.46. The quantitative estimate of drug-likeness (QED) is 0.740. The van der Waals surface area contributed by atoms with Crippen molar-refractivity contribution >= 4 is 39.2 Å². The Labute approximate surface area is 122 Å². The lowest BCUT2D eigenvalue weighted by molar-refractivity contribution is 0.402. The van der Waals surface area contributed by atoms with E-state index in [0.29, 0.717) is 6.04 Å². The van der Waals surface area contributed by atoms with Crippen molar-refractivity contribution in [3.05, 3.63) is 27.4 Å². The van der Waals surface area contributed by atoms with E-state index in [1.54, 1.807) is 0 Å². The highest BCUT2D eigenvalue weighted by atomic mass is 79.9. The van der Waals surface area contributed by atoms with E-state index in [2.05, 4.69) is 58.4 Å².